The molecule has 7 heteroatoms. The maximum atomic E-state index is 11.0. The molecule has 2 N–H and O–H groups in total. The standard InChI is InChI=1S/C16H31N3O2S.HI/c1-17-16(19-13-9-10-14(12-13)22-3)18-11-7-5-4-6-8-15(20)21-2;/h13-14H,4-12H2,1-3H3,(H2,17,18,19);1H. The van der Waals surface area contributed by atoms with Crippen molar-refractivity contribution in [2.75, 3.05) is 27.0 Å². The highest BCUT2D eigenvalue weighted by Crippen LogP contribution is 2.27. The van der Waals surface area contributed by atoms with Crippen LogP contribution in [0.1, 0.15) is 51.4 Å². The first-order valence-corrected chi connectivity index (χ1v) is 9.55. The van der Waals surface area contributed by atoms with Crippen molar-refractivity contribution < 1.29 is 9.53 Å². The van der Waals surface area contributed by atoms with Crippen molar-refractivity contribution in [3.05, 3.63) is 0 Å². The van der Waals surface area contributed by atoms with E-state index in [-0.39, 0.29) is 29.9 Å². The number of aliphatic imine (C=N–C) groups is 1. The number of ether oxygens (including phenoxy) is 1. The molecule has 5 nitrogen and oxygen atoms in total. The second kappa shape index (κ2) is 14.2. The maximum absolute atomic E-state index is 11.0. The van der Waals surface area contributed by atoms with Crippen LogP contribution in [0, 0.1) is 0 Å². The fraction of sp³-hybridized carbons (Fsp3) is 0.875. The summed E-state index contributed by atoms with van der Waals surface area (Å²) in [5, 5.41) is 7.70. The van der Waals surface area contributed by atoms with Crippen molar-refractivity contribution >= 4 is 47.7 Å². The van der Waals surface area contributed by atoms with Crippen LogP contribution >= 0.6 is 35.7 Å². The molecule has 1 saturated carbocycles. The molecule has 1 aliphatic rings. The number of thioether (sulfide) groups is 1. The topological polar surface area (TPSA) is 62.7 Å². The number of halogens is 1. The number of guanidine groups is 1. The SMILES string of the molecule is CN=C(NCCCCCCC(=O)OC)NC1CCC(SC)C1.I. The van der Waals surface area contributed by atoms with Gasteiger partial charge in [-0.2, -0.15) is 11.8 Å². The Balaban J connectivity index is 0.00000484. The van der Waals surface area contributed by atoms with Crippen LogP contribution < -0.4 is 10.6 Å². The number of esters is 1. The number of methoxy groups -OCH3 is 1. The molecule has 2 unspecified atom stereocenters. The molecule has 136 valence electrons. The van der Waals surface area contributed by atoms with Crippen LogP contribution in [0.15, 0.2) is 4.99 Å². The third kappa shape index (κ3) is 10.3. The quantitative estimate of drug-likeness (QED) is 0.183. The van der Waals surface area contributed by atoms with E-state index in [1.54, 1.807) is 0 Å². The minimum atomic E-state index is -0.108. The summed E-state index contributed by atoms with van der Waals surface area (Å²) in [5.74, 6) is 0.809. The summed E-state index contributed by atoms with van der Waals surface area (Å²) < 4.78 is 4.63. The van der Waals surface area contributed by atoms with Crippen LogP contribution in [-0.4, -0.2) is 50.2 Å². The van der Waals surface area contributed by atoms with Crippen molar-refractivity contribution in [2.45, 2.75) is 62.7 Å². The Kier molecular flexibility index (Phi) is 14.1. The molecule has 0 saturated heterocycles. The van der Waals surface area contributed by atoms with E-state index < -0.39 is 0 Å². The average molecular weight is 457 g/mol. The molecule has 0 aromatic rings. The highest BCUT2D eigenvalue weighted by molar-refractivity contribution is 14.0. The zero-order valence-corrected chi connectivity index (χ0v) is 17.7. The number of hydrogen-bond acceptors (Lipinski definition) is 4. The van der Waals surface area contributed by atoms with Crippen molar-refractivity contribution in [3.8, 4) is 0 Å². The van der Waals surface area contributed by atoms with E-state index in [9.17, 15) is 4.79 Å². The van der Waals surface area contributed by atoms with Crippen LogP contribution in [-0.2, 0) is 9.53 Å². The Labute approximate surface area is 162 Å². The fourth-order valence-electron chi connectivity index (χ4n) is 2.73. The maximum Gasteiger partial charge on any atom is 0.305 e. The number of hydrogen-bond donors (Lipinski definition) is 2. The van der Waals surface area contributed by atoms with Gasteiger partial charge in [-0.05, 0) is 38.4 Å². The molecule has 0 radical (unpaired) electrons. The molecule has 2 atom stereocenters. The Morgan fingerprint density at radius 3 is 2.61 bits per heavy atom. The van der Waals surface area contributed by atoms with Gasteiger partial charge in [0.05, 0.1) is 7.11 Å². The van der Waals surface area contributed by atoms with Crippen molar-refractivity contribution in [1.82, 2.24) is 10.6 Å². The highest BCUT2D eigenvalue weighted by Gasteiger charge is 2.24. The van der Waals surface area contributed by atoms with E-state index in [1.165, 1.54) is 26.4 Å². The lowest BCUT2D eigenvalue weighted by atomic mass is 10.1. The molecule has 0 heterocycles. The van der Waals surface area contributed by atoms with Gasteiger partial charge in [0.15, 0.2) is 5.96 Å². The number of nitrogens with one attached hydrogen (secondary N) is 2. The molecule has 0 spiro atoms. The van der Waals surface area contributed by atoms with E-state index >= 15 is 0 Å². The molecule has 1 fully saturated rings. The smallest absolute Gasteiger partial charge is 0.305 e. The first-order valence-electron chi connectivity index (χ1n) is 8.26. The second-order valence-corrected chi connectivity index (χ2v) is 6.89. The monoisotopic (exact) mass is 457 g/mol. The van der Waals surface area contributed by atoms with Gasteiger partial charge < -0.3 is 15.4 Å². The van der Waals surface area contributed by atoms with Gasteiger partial charge in [-0.25, -0.2) is 0 Å². The van der Waals surface area contributed by atoms with Gasteiger partial charge in [0, 0.05) is 31.3 Å². The van der Waals surface area contributed by atoms with Gasteiger partial charge in [0.1, 0.15) is 0 Å². The largest absolute Gasteiger partial charge is 0.469 e. The number of carbonyl (C=O) groups excluding carboxylic acids is 1. The molecule has 0 aromatic heterocycles. The summed E-state index contributed by atoms with van der Waals surface area (Å²) in [6, 6.07) is 0.559. The molecule has 0 aromatic carbocycles. The third-order valence-corrected chi connectivity index (χ3v) is 5.20. The number of nitrogens with zero attached hydrogens (tertiary/aromatic N) is 1. The summed E-state index contributed by atoms with van der Waals surface area (Å²) in [4.78, 5) is 15.3. The highest BCUT2D eigenvalue weighted by atomic mass is 127. The van der Waals surface area contributed by atoms with Crippen LogP contribution in [0.25, 0.3) is 0 Å². The lowest BCUT2D eigenvalue weighted by Crippen LogP contribution is -2.42. The molecule has 1 rings (SSSR count). The first kappa shape index (κ1) is 22.8. The zero-order valence-electron chi connectivity index (χ0n) is 14.6. The van der Waals surface area contributed by atoms with E-state index in [2.05, 4.69) is 26.6 Å². The van der Waals surface area contributed by atoms with Gasteiger partial charge in [0.25, 0.3) is 0 Å². The summed E-state index contributed by atoms with van der Waals surface area (Å²) >= 11 is 1.97. The second-order valence-electron chi connectivity index (χ2n) is 5.75. The molecule has 0 aliphatic heterocycles. The predicted molar refractivity (Wildman–Crippen MR) is 110 cm³/mol. The lowest BCUT2D eigenvalue weighted by molar-refractivity contribution is -0.140. The van der Waals surface area contributed by atoms with Crippen molar-refractivity contribution in [3.63, 3.8) is 0 Å². The molecule has 0 bridgehead atoms. The lowest BCUT2D eigenvalue weighted by Gasteiger charge is -2.17. The van der Waals surface area contributed by atoms with Crippen molar-refractivity contribution in [2.24, 2.45) is 4.99 Å². The third-order valence-electron chi connectivity index (χ3n) is 4.11. The van der Waals surface area contributed by atoms with E-state index in [0.29, 0.717) is 12.5 Å². The van der Waals surface area contributed by atoms with Crippen molar-refractivity contribution in [1.29, 1.82) is 0 Å². The van der Waals surface area contributed by atoms with E-state index in [1.807, 2.05) is 18.8 Å². The Bertz CT molecular complexity index is 356. The van der Waals surface area contributed by atoms with Gasteiger partial charge >= 0.3 is 5.97 Å². The van der Waals surface area contributed by atoms with E-state index in [0.717, 1.165) is 43.4 Å². The predicted octanol–water partition coefficient (Wildman–Crippen LogP) is 3.18. The van der Waals surface area contributed by atoms with Gasteiger partial charge in [-0.1, -0.05) is 12.8 Å². The van der Waals surface area contributed by atoms with Gasteiger partial charge in [-0.3, -0.25) is 9.79 Å². The molecule has 1 aliphatic carbocycles. The molecule has 23 heavy (non-hydrogen) atoms. The minimum Gasteiger partial charge on any atom is -0.469 e. The van der Waals surface area contributed by atoms with Crippen LogP contribution in [0.5, 0.6) is 0 Å². The Hall–Kier alpha value is -0.180. The summed E-state index contributed by atoms with van der Waals surface area (Å²) in [7, 11) is 3.27. The van der Waals surface area contributed by atoms with Gasteiger partial charge in [-0.15, -0.1) is 24.0 Å². The summed E-state index contributed by atoms with van der Waals surface area (Å²) in [6.07, 6.45) is 10.7. The zero-order chi connectivity index (χ0) is 16.2. The Morgan fingerprint density at radius 2 is 2.00 bits per heavy atom. The number of carbonyl (C=O) groups is 1. The normalized spacial score (nSPS) is 20.7. The molecule has 0 amide bonds. The van der Waals surface area contributed by atoms with Crippen LogP contribution in [0.4, 0.5) is 0 Å². The number of rotatable bonds is 9. The molecular formula is C16H32IN3O2S. The minimum absolute atomic E-state index is 0. The van der Waals surface area contributed by atoms with Gasteiger partial charge in [0.2, 0.25) is 0 Å². The first-order chi connectivity index (χ1) is 10.7. The fourth-order valence-corrected chi connectivity index (χ4v) is 3.53. The summed E-state index contributed by atoms with van der Waals surface area (Å²) in [5.41, 5.74) is 0. The van der Waals surface area contributed by atoms with Crippen LogP contribution in [0.2, 0.25) is 0 Å². The number of unbranched alkanes of at least 4 members (excludes halogenated alkanes) is 3. The van der Waals surface area contributed by atoms with Crippen LogP contribution in [0.3, 0.4) is 0 Å². The average Bonchev–Trinajstić information content (AvgIpc) is 3.00. The van der Waals surface area contributed by atoms with E-state index in [4.69, 9.17) is 0 Å². The molecular weight excluding hydrogens is 425 g/mol. The Morgan fingerprint density at radius 1 is 1.26 bits per heavy atom. The summed E-state index contributed by atoms with van der Waals surface area (Å²) in [6.45, 7) is 0.927.